The van der Waals surface area contributed by atoms with Gasteiger partial charge in [0.1, 0.15) is 5.78 Å². The first kappa shape index (κ1) is 12.4. The van der Waals surface area contributed by atoms with E-state index >= 15 is 0 Å². The Hall–Kier alpha value is -0.680. The summed E-state index contributed by atoms with van der Waals surface area (Å²) in [5, 5.41) is 2.04. The molecule has 0 bridgehead atoms. The van der Waals surface area contributed by atoms with Gasteiger partial charge in [-0.25, -0.2) is 8.42 Å². The molecule has 3 rings (SSSR count). The van der Waals surface area contributed by atoms with E-state index < -0.39 is 9.84 Å². The summed E-state index contributed by atoms with van der Waals surface area (Å²) in [6.07, 6.45) is 3.53. The summed E-state index contributed by atoms with van der Waals surface area (Å²) in [6, 6.07) is 2.05. The highest BCUT2D eigenvalue weighted by molar-refractivity contribution is 7.91. The molecule has 2 unspecified atom stereocenters. The molecule has 0 aromatic carbocycles. The van der Waals surface area contributed by atoms with Gasteiger partial charge in [-0.2, -0.15) is 0 Å². The lowest BCUT2D eigenvalue weighted by atomic mass is 9.80. The van der Waals surface area contributed by atoms with Crippen LogP contribution in [-0.4, -0.2) is 25.7 Å². The molecule has 18 heavy (non-hydrogen) atoms. The van der Waals surface area contributed by atoms with Crippen LogP contribution in [0.15, 0.2) is 11.4 Å². The summed E-state index contributed by atoms with van der Waals surface area (Å²) < 4.78 is 22.9. The van der Waals surface area contributed by atoms with Crippen molar-refractivity contribution < 1.29 is 13.2 Å². The van der Waals surface area contributed by atoms with Gasteiger partial charge in [-0.1, -0.05) is 0 Å². The smallest absolute Gasteiger partial charge is 0.151 e. The third-order valence-corrected chi connectivity index (χ3v) is 6.79. The molecule has 1 aliphatic heterocycles. The molecule has 2 heterocycles. The highest BCUT2D eigenvalue weighted by Gasteiger charge is 2.38. The van der Waals surface area contributed by atoms with Gasteiger partial charge in [-0.05, 0) is 42.7 Å². The summed E-state index contributed by atoms with van der Waals surface area (Å²) in [6.45, 7) is 0. The Bertz CT molecular complexity index is 571. The molecule has 1 aromatic rings. The van der Waals surface area contributed by atoms with Crippen molar-refractivity contribution in [3.8, 4) is 0 Å². The molecular weight excluding hydrogens is 268 g/mol. The van der Waals surface area contributed by atoms with Crippen molar-refractivity contribution in [2.45, 2.75) is 31.6 Å². The van der Waals surface area contributed by atoms with Gasteiger partial charge in [0.15, 0.2) is 9.84 Å². The molecule has 1 aromatic heterocycles. The molecule has 0 amide bonds. The van der Waals surface area contributed by atoms with E-state index in [9.17, 15) is 13.2 Å². The number of fused-ring (bicyclic) bond motifs is 1. The van der Waals surface area contributed by atoms with Gasteiger partial charge < -0.3 is 0 Å². The van der Waals surface area contributed by atoms with Crippen molar-refractivity contribution in [3.05, 3.63) is 21.9 Å². The number of thiophene rings is 1. The molecule has 0 radical (unpaired) electrons. The Morgan fingerprint density at radius 3 is 2.89 bits per heavy atom. The SMILES string of the molecule is O=C(C1CCS(=O)(=O)C1)C1CCCc2sccc21. The minimum Gasteiger partial charge on any atom is -0.299 e. The van der Waals surface area contributed by atoms with E-state index in [1.54, 1.807) is 11.3 Å². The lowest BCUT2D eigenvalue weighted by Crippen LogP contribution is -2.25. The van der Waals surface area contributed by atoms with E-state index in [4.69, 9.17) is 0 Å². The number of hydrogen-bond donors (Lipinski definition) is 0. The highest BCUT2D eigenvalue weighted by Crippen LogP contribution is 2.38. The van der Waals surface area contributed by atoms with E-state index in [-0.39, 0.29) is 29.1 Å². The second kappa shape index (κ2) is 4.46. The maximum atomic E-state index is 12.5. The lowest BCUT2D eigenvalue weighted by Gasteiger charge is -2.23. The van der Waals surface area contributed by atoms with Gasteiger partial charge in [0.05, 0.1) is 11.5 Å². The van der Waals surface area contributed by atoms with Crippen molar-refractivity contribution in [3.63, 3.8) is 0 Å². The second-order valence-electron chi connectivity index (χ2n) is 5.25. The van der Waals surface area contributed by atoms with Crippen LogP contribution >= 0.6 is 11.3 Å². The highest BCUT2D eigenvalue weighted by atomic mass is 32.2. The Balaban J connectivity index is 1.83. The number of ketones is 1. The van der Waals surface area contributed by atoms with Crippen LogP contribution in [0.2, 0.25) is 0 Å². The van der Waals surface area contributed by atoms with Crippen LogP contribution < -0.4 is 0 Å². The normalized spacial score (nSPS) is 30.0. The maximum absolute atomic E-state index is 12.5. The fourth-order valence-electron chi connectivity index (χ4n) is 3.09. The van der Waals surface area contributed by atoms with Crippen LogP contribution in [-0.2, 0) is 21.1 Å². The third kappa shape index (κ3) is 2.14. The molecule has 1 aliphatic carbocycles. The monoisotopic (exact) mass is 284 g/mol. The summed E-state index contributed by atoms with van der Waals surface area (Å²) in [4.78, 5) is 13.8. The molecule has 3 nitrogen and oxygen atoms in total. The number of carbonyl (C=O) groups excluding carboxylic acids is 1. The number of carbonyl (C=O) groups is 1. The Morgan fingerprint density at radius 1 is 1.33 bits per heavy atom. The zero-order chi connectivity index (χ0) is 12.8. The average molecular weight is 284 g/mol. The number of rotatable bonds is 2. The number of hydrogen-bond acceptors (Lipinski definition) is 4. The van der Waals surface area contributed by atoms with Crippen LogP contribution in [0.3, 0.4) is 0 Å². The van der Waals surface area contributed by atoms with Crippen LogP contribution in [0.1, 0.15) is 35.6 Å². The summed E-state index contributed by atoms with van der Waals surface area (Å²) >= 11 is 1.72. The third-order valence-electron chi connectivity index (χ3n) is 4.03. The Morgan fingerprint density at radius 2 is 2.17 bits per heavy atom. The topological polar surface area (TPSA) is 51.2 Å². The van der Waals surface area contributed by atoms with Crippen LogP contribution in [0.5, 0.6) is 0 Å². The molecule has 2 aliphatic rings. The second-order valence-corrected chi connectivity index (χ2v) is 8.48. The molecule has 2 atom stereocenters. The van der Waals surface area contributed by atoms with Gasteiger partial charge >= 0.3 is 0 Å². The van der Waals surface area contributed by atoms with E-state index in [2.05, 4.69) is 0 Å². The molecule has 1 fully saturated rings. The molecule has 5 heteroatoms. The van der Waals surface area contributed by atoms with Gasteiger partial charge in [0, 0.05) is 16.7 Å². The largest absolute Gasteiger partial charge is 0.299 e. The fourth-order valence-corrected chi connectivity index (χ4v) is 5.83. The minimum atomic E-state index is -2.96. The van der Waals surface area contributed by atoms with Crippen molar-refractivity contribution in [1.82, 2.24) is 0 Å². The molecule has 1 saturated heterocycles. The average Bonchev–Trinajstić information content (AvgIpc) is 2.93. The Kier molecular flexibility index (Phi) is 3.06. The standard InChI is InChI=1S/C13H16O3S2/c14-13(9-5-7-18(15,16)8-9)11-2-1-3-12-10(11)4-6-17-12/h4,6,9,11H,1-3,5,7-8H2. The zero-order valence-electron chi connectivity index (χ0n) is 10.1. The summed E-state index contributed by atoms with van der Waals surface area (Å²) in [5.41, 5.74) is 1.17. The molecular formula is C13H16O3S2. The first-order chi connectivity index (χ1) is 8.57. The quantitative estimate of drug-likeness (QED) is 0.836. The zero-order valence-corrected chi connectivity index (χ0v) is 11.7. The minimum absolute atomic E-state index is 0.0432. The molecule has 0 saturated carbocycles. The van der Waals surface area contributed by atoms with Gasteiger partial charge in [0.25, 0.3) is 0 Å². The number of sulfone groups is 1. The van der Waals surface area contributed by atoms with E-state index in [0.717, 1.165) is 19.3 Å². The lowest BCUT2D eigenvalue weighted by molar-refractivity contribution is -0.123. The number of aryl methyl sites for hydroxylation is 1. The van der Waals surface area contributed by atoms with Gasteiger partial charge in [-0.15, -0.1) is 11.3 Å². The van der Waals surface area contributed by atoms with E-state index in [1.807, 2.05) is 11.4 Å². The van der Waals surface area contributed by atoms with Crippen molar-refractivity contribution in [2.24, 2.45) is 5.92 Å². The van der Waals surface area contributed by atoms with E-state index in [1.165, 1.54) is 10.4 Å². The van der Waals surface area contributed by atoms with Gasteiger partial charge in [-0.3, -0.25) is 4.79 Å². The van der Waals surface area contributed by atoms with Crippen LogP contribution in [0, 0.1) is 5.92 Å². The first-order valence-electron chi connectivity index (χ1n) is 6.37. The summed E-state index contributed by atoms with van der Waals surface area (Å²) in [7, 11) is -2.96. The summed E-state index contributed by atoms with van der Waals surface area (Å²) in [5.74, 6) is 0.119. The van der Waals surface area contributed by atoms with Crippen molar-refractivity contribution in [2.75, 3.05) is 11.5 Å². The maximum Gasteiger partial charge on any atom is 0.151 e. The Labute approximate surface area is 111 Å². The van der Waals surface area contributed by atoms with Crippen LogP contribution in [0.25, 0.3) is 0 Å². The van der Waals surface area contributed by atoms with E-state index in [0.29, 0.717) is 6.42 Å². The predicted octanol–water partition coefficient (Wildman–Crippen LogP) is 2.17. The van der Waals surface area contributed by atoms with Crippen LogP contribution in [0.4, 0.5) is 0 Å². The molecule has 0 N–H and O–H groups in total. The fraction of sp³-hybridized carbons (Fsp3) is 0.615. The predicted molar refractivity (Wildman–Crippen MR) is 71.8 cm³/mol. The molecule has 0 spiro atoms. The first-order valence-corrected chi connectivity index (χ1v) is 9.07. The van der Waals surface area contributed by atoms with Gasteiger partial charge in [0.2, 0.25) is 0 Å². The van der Waals surface area contributed by atoms with Crippen molar-refractivity contribution in [1.29, 1.82) is 0 Å². The number of Topliss-reactive ketones (excluding diaryl/α,β-unsaturated/α-hetero) is 1. The van der Waals surface area contributed by atoms with Crippen molar-refractivity contribution >= 4 is 27.0 Å². The molecule has 98 valence electrons.